The number of oxime groups is 1. The lowest BCUT2D eigenvalue weighted by atomic mass is 9.85. The van der Waals surface area contributed by atoms with Crippen molar-refractivity contribution in [2.45, 2.75) is 38.4 Å². The molecular formula is C24H30N8O7S2. The first kappa shape index (κ1) is 29.9. The number of nitrogen functional groups attached to an aromatic ring is 1. The summed E-state index contributed by atoms with van der Waals surface area (Å²) < 4.78 is 40.2. The summed E-state index contributed by atoms with van der Waals surface area (Å²) in [5, 5.41) is 12.3. The minimum atomic E-state index is -4.79. The largest absolute Gasteiger partial charge is 0.490 e. The molecule has 17 heteroatoms. The number of carbonyl (C=O) groups excluding carboxylic acids is 2. The number of aromatic nitrogens is 3. The monoisotopic (exact) mass is 606 g/mol. The van der Waals surface area contributed by atoms with Crippen LogP contribution in [0.4, 0.5) is 5.13 Å². The molecular weight excluding hydrogens is 576 g/mol. The fourth-order valence-corrected chi connectivity index (χ4v) is 5.72. The number of nitrogens with zero attached hydrogens (tertiary/aromatic N) is 5. The van der Waals surface area contributed by atoms with E-state index in [0.717, 1.165) is 35.4 Å². The maximum Gasteiger partial charge on any atom is 0.362 e. The third kappa shape index (κ3) is 6.82. The first-order valence-corrected chi connectivity index (χ1v) is 14.7. The maximum atomic E-state index is 13.0. The van der Waals surface area contributed by atoms with Crippen molar-refractivity contribution in [1.29, 1.82) is 0 Å². The van der Waals surface area contributed by atoms with Gasteiger partial charge in [0.15, 0.2) is 17.5 Å². The highest BCUT2D eigenvalue weighted by Gasteiger charge is 2.60. The Bertz CT molecular complexity index is 1530. The van der Waals surface area contributed by atoms with Crippen molar-refractivity contribution < 1.29 is 32.1 Å². The molecule has 0 radical (unpaired) electrons. The zero-order chi connectivity index (χ0) is 29.8. The molecule has 1 atom stereocenters. The number of thiazole rings is 1. The van der Waals surface area contributed by atoms with E-state index >= 15 is 0 Å². The number of hydrogen-bond acceptors (Lipinski definition) is 12. The van der Waals surface area contributed by atoms with Gasteiger partial charge in [0.05, 0.1) is 11.7 Å². The molecule has 1 unspecified atom stereocenters. The van der Waals surface area contributed by atoms with Gasteiger partial charge in [0.1, 0.15) is 24.1 Å². The van der Waals surface area contributed by atoms with E-state index in [4.69, 9.17) is 21.0 Å². The summed E-state index contributed by atoms with van der Waals surface area (Å²) in [6, 6.07) is 6.17. The molecule has 1 saturated heterocycles. The van der Waals surface area contributed by atoms with Crippen LogP contribution in [0.25, 0.3) is 11.1 Å². The van der Waals surface area contributed by atoms with Gasteiger partial charge in [0.2, 0.25) is 0 Å². The lowest BCUT2D eigenvalue weighted by Gasteiger charge is -2.50. The molecule has 1 aromatic carbocycles. The van der Waals surface area contributed by atoms with Gasteiger partial charge in [0.25, 0.3) is 11.8 Å². The average Bonchev–Trinajstić information content (AvgIpc) is 3.56. The molecule has 15 nitrogen and oxygen atoms in total. The predicted molar refractivity (Wildman–Crippen MR) is 150 cm³/mol. The number of carbonyl (C=O) groups is 2. The van der Waals surface area contributed by atoms with Crippen LogP contribution in [-0.4, -0.2) is 80.9 Å². The number of nitrogens with one attached hydrogen (secondary N) is 1. The normalized spacial score (nSPS) is 16.8. The highest BCUT2D eigenvalue weighted by molar-refractivity contribution is 7.84. The highest BCUT2D eigenvalue weighted by Crippen LogP contribution is 2.34. The Hall–Kier alpha value is -4.06. The second-order valence-corrected chi connectivity index (χ2v) is 11.6. The Kier molecular flexibility index (Phi) is 8.91. The van der Waals surface area contributed by atoms with Gasteiger partial charge in [-0.3, -0.25) is 18.8 Å². The predicted octanol–water partition coefficient (Wildman–Crippen LogP) is 0.646. The van der Waals surface area contributed by atoms with Gasteiger partial charge in [-0.25, -0.2) is 9.29 Å². The van der Waals surface area contributed by atoms with E-state index < -0.39 is 33.7 Å². The van der Waals surface area contributed by atoms with Crippen LogP contribution in [-0.2, 0) is 31.3 Å². The molecule has 0 spiro atoms. The number of nitrogens with two attached hydrogens (primary N) is 2. The SMILES string of the molecule is CC1(C)C(NC(=O)/C(=N\OCCOc2ccc(-c3cnn(CCCN)c3)cc2)c2csc(N)n2)C(=O)N1S(=O)(=O)O. The topological polar surface area (TPSA) is 217 Å². The summed E-state index contributed by atoms with van der Waals surface area (Å²) in [6.45, 7) is 4.18. The van der Waals surface area contributed by atoms with Crippen LogP contribution in [0.2, 0.25) is 0 Å². The van der Waals surface area contributed by atoms with Crippen molar-refractivity contribution in [3.05, 3.63) is 47.7 Å². The van der Waals surface area contributed by atoms with Gasteiger partial charge in [-0.15, -0.1) is 11.3 Å². The van der Waals surface area contributed by atoms with Crippen molar-refractivity contribution in [3.8, 4) is 16.9 Å². The average molecular weight is 607 g/mol. The summed E-state index contributed by atoms with van der Waals surface area (Å²) in [6.07, 6.45) is 4.58. The molecule has 0 saturated carbocycles. The van der Waals surface area contributed by atoms with E-state index in [9.17, 15) is 22.6 Å². The van der Waals surface area contributed by atoms with E-state index in [0.29, 0.717) is 16.6 Å². The van der Waals surface area contributed by atoms with E-state index in [1.54, 1.807) is 18.3 Å². The Balaban J connectivity index is 1.34. The van der Waals surface area contributed by atoms with Crippen LogP contribution >= 0.6 is 11.3 Å². The third-order valence-corrected chi connectivity index (χ3v) is 7.96. The molecule has 3 heterocycles. The van der Waals surface area contributed by atoms with Crippen molar-refractivity contribution >= 4 is 44.3 Å². The van der Waals surface area contributed by atoms with Crippen molar-refractivity contribution in [2.24, 2.45) is 10.9 Å². The number of benzene rings is 1. The summed E-state index contributed by atoms with van der Waals surface area (Å²) in [5.41, 5.74) is 11.6. The van der Waals surface area contributed by atoms with Crippen LogP contribution in [0.5, 0.6) is 5.75 Å². The Morgan fingerprint density at radius 3 is 2.59 bits per heavy atom. The van der Waals surface area contributed by atoms with Crippen LogP contribution in [0.1, 0.15) is 26.0 Å². The molecule has 41 heavy (non-hydrogen) atoms. The molecule has 3 aromatic rings. The van der Waals surface area contributed by atoms with Crippen LogP contribution in [0, 0.1) is 0 Å². The first-order valence-electron chi connectivity index (χ1n) is 12.4. The molecule has 0 bridgehead atoms. The van der Waals surface area contributed by atoms with Crippen molar-refractivity contribution in [3.63, 3.8) is 0 Å². The van der Waals surface area contributed by atoms with E-state index in [2.05, 4.69) is 20.6 Å². The fourth-order valence-electron chi connectivity index (χ4n) is 4.14. The van der Waals surface area contributed by atoms with Crippen molar-refractivity contribution in [2.75, 3.05) is 25.5 Å². The van der Waals surface area contributed by atoms with Gasteiger partial charge < -0.3 is 26.4 Å². The highest BCUT2D eigenvalue weighted by atomic mass is 32.2. The Morgan fingerprint density at radius 1 is 1.24 bits per heavy atom. The number of hydrogen-bond donors (Lipinski definition) is 4. The van der Waals surface area contributed by atoms with Gasteiger partial charge in [-0.2, -0.15) is 13.5 Å². The van der Waals surface area contributed by atoms with Gasteiger partial charge in [0, 0.05) is 23.7 Å². The third-order valence-electron chi connectivity index (χ3n) is 6.17. The van der Waals surface area contributed by atoms with E-state index in [1.807, 2.05) is 23.0 Å². The van der Waals surface area contributed by atoms with Gasteiger partial charge in [-0.05, 0) is 44.5 Å². The Morgan fingerprint density at radius 2 is 1.98 bits per heavy atom. The van der Waals surface area contributed by atoms with Crippen LogP contribution in [0.3, 0.4) is 0 Å². The lowest BCUT2D eigenvalue weighted by Crippen LogP contribution is -2.77. The van der Waals surface area contributed by atoms with E-state index in [1.165, 1.54) is 19.2 Å². The zero-order valence-electron chi connectivity index (χ0n) is 22.3. The number of ether oxygens (including phenoxy) is 1. The number of anilines is 1. The molecule has 1 fully saturated rings. The molecule has 6 N–H and O–H groups in total. The summed E-state index contributed by atoms with van der Waals surface area (Å²) in [4.78, 5) is 34.7. The molecule has 1 aliphatic heterocycles. The minimum Gasteiger partial charge on any atom is -0.490 e. The lowest BCUT2D eigenvalue weighted by molar-refractivity contribution is -0.151. The second-order valence-electron chi connectivity index (χ2n) is 9.49. The summed E-state index contributed by atoms with van der Waals surface area (Å²) in [5.74, 6) is -1.25. The van der Waals surface area contributed by atoms with E-state index in [-0.39, 0.29) is 29.8 Å². The standard InChI is InChI=1S/C24H30N8O7S2/c1-24(2)20(22(34)32(24)41(35,36)37)29-21(33)19(18-14-40-23(26)28-18)30-39-11-10-38-17-6-4-15(5-7-17)16-12-27-31(13-16)9-3-8-25/h4-7,12-14,20H,3,8-11,25H2,1-2H3,(H2,26,28)(H,29,33)(H,35,36,37)/b30-19-. The number of amides is 2. The number of aryl methyl sites for hydroxylation is 1. The summed E-state index contributed by atoms with van der Waals surface area (Å²) in [7, 11) is -4.79. The van der Waals surface area contributed by atoms with Crippen LogP contribution < -0.4 is 21.5 Å². The second kappa shape index (κ2) is 12.2. The maximum absolute atomic E-state index is 13.0. The smallest absolute Gasteiger partial charge is 0.362 e. The van der Waals surface area contributed by atoms with Crippen molar-refractivity contribution in [1.82, 2.24) is 24.4 Å². The molecule has 2 aromatic heterocycles. The molecule has 220 valence electrons. The Labute approximate surface area is 240 Å². The quantitative estimate of drug-likeness (QED) is 0.0696. The number of rotatable bonds is 13. The molecule has 0 aliphatic carbocycles. The number of β-lactam (4-membered cyclic amide) rings is 1. The molecule has 1 aliphatic rings. The molecule has 2 amide bonds. The minimum absolute atomic E-state index is 0.0313. The summed E-state index contributed by atoms with van der Waals surface area (Å²) >= 11 is 1.07. The first-order chi connectivity index (χ1) is 19.4. The fraction of sp³-hybridized carbons (Fsp3) is 0.375. The van der Waals surface area contributed by atoms with Crippen LogP contribution in [0.15, 0.2) is 47.2 Å². The molecule has 4 rings (SSSR count). The zero-order valence-corrected chi connectivity index (χ0v) is 23.9. The van der Waals surface area contributed by atoms with Gasteiger partial charge >= 0.3 is 10.3 Å². The van der Waals surface area contributed by atoms with Gasteiger partial charge in [-0.1, -0.05) is 17.3 Å².